The lowest BCUT2D eigenvalue weighted by atomic mass is 9.82. The maximum absolute atomic E-state index is 6.61. The van der Waals surface area contributed by atoms with Crippen LogP contribution in [0, 0.1) is 6.92 Å². The van der Waals surface area contributed by atoms with E-state index in [1.54, 1.807) is 0 Å². The van der Waals surface area contributed by atoms with E-state index in [4.69, 9.17) is 15.2 Å². The summed E-state index contributed by atoms with van der Waals surface area (Å²) in [7, 11) is 0. The number of fused-ring (bicyclic) bond motifs is 7. The summed E-state index contributed by atoms with van der Waals surface area (Å²) in [5, 5.41) is 0. The first-order valence-electron chi connectivity index (χ1n) is 8.45. The lowest BCUT2D eigenvalue weighted by Gasteiger charge is -2.25. The molecule has 118 valence electrons. The second kappa shape index (κ2) is 4.21. The first kappa shape index (κ1) is 14.0. The Bertz CT molecular complexity index is 658. The molecule has 1 aromatic rings. The van der Waals surface area contributed by atoms with Crippen molar-refractivity contribution in [3.63, 3.8) is 0 Å². The topological polar surface area (TPSA) is 44.5 Å². The fourth-order valence-corrected chi connectivity index (χ4v) is 4.85. The standard InChI is InChI=1S/C19H25NO2/c1-6-10-9(3)14-12-8-13(15(14)16(20)11(10)7-2)18-17(12)21-19(4,5)22-18/h12-13H,6-8,20H2,1-5H3/t12-,13+/m0/s1. The van der Waals surface area contributed by atoms with Crippen molar-refractivity contribution in [2.45, 2.75) is 71.5 Å². The zero-order valence-corrected chi connectivity index (χ0v) is 14.2. The number of hydrogen-bond acceptors (Lipinski definition) is 3. The quantitative estimate of drug-likeness (QED) is 0.829. The highest BCUT2D eigenvalue weighted by Gasteiger charge is 2.54. The van der Waals surface area contributed by atoms with Gasteiger partial charge in [0.25, 0.3) is 0 Å². The molecule has 0 fully saturated rings. The molecule has 2 atom stereocenters. The first-order chi connectivity index (χ1) is 10.4. The van der Waals surface area contributed by atoms with Crippen LogP contribution in [0.1, 0.15) is 73.8 Å². The monoisotopic (exact) mass is 299 g/mol. The van der Waals surface area contributed by atoms with Gasteiger partial charge >= 0.3 is 0 Å². The zero-order valence-electron chi connectivity index (χ0n) is 14.2. The van der Waals surface area contributed by atoms with E-state index in [2.05, 4.69) is 20.8 Å². The Morgan fingerprint density at radius 2 is 1.55 bits per heavy atom. The van der Waals surface area contributed by atoms with Crippen molar-refractivity contribution in [3.8, 4) is 0 Å². The normalized spacial score (nSPS) is 26.8. The summed E-state index contributed by atoms with van der Waals surface area (Å²) in [6.07, 6.45) is 3.10. The molecule has 2 N–H and O–H groups in total. The van der Waals surface area contributed by atoms with Gasteiger partial charge in [-0.3, -0.25) is 0 Å². The Hall–Kier alpha value is -1.64. The van der Waals surface area contributed by atoms with Crippen LogP contribution in [0.2, 0.25) is 0 Å². The molecule has 22 heavy (non-hydrogen) atoms. The molecule has 4 rings (SSSR count). The summed E-state index contributed by atoms with van der Waals surface area (Å²) in [5.41, 5.74) is 14.6. The lowest BCUT2D eigenvalue weighted by molar-refractivity contribution is -0.130. The Morgan fingerprint density at radius 1 is 1.00 bits per heavy atom. The van der Waals surface area contributed by atoms with E-state index in [9.17, 15) is 0 Å². The van der Waals surface area contributed by atoms with Gasteiger partial charge < -0.3 is 15.2 Å². The molecule has 3 nitrogen and oxygen atoms in total. The van der Waals surface area contributed by atoms with Crippen LogP contribution in [-0.2, 0) is 22.3 Å². The predicted octanol–water partition coefficient (Wildman–Crippen LogP) is 4.28. The molecule has 3 aliphatic rings. The SMILES string of the molecule is CCc1c(C)c2c(c(N)c1CC)[C@H]1C[C@@H]2C2=C1OC(C)(C)O2. The van der Waals surface area contributed by atoms with Gasteiger partial charge in [-0.25, -0.2) is 0 Å². The number of hydrogen-bond donors (Lipinski definition) is 1. The minimum Gasteiger partial charge on any atom is -0.453 e. The molecule has 1 heterocycles. The predicted molar refractivity (Wildman–Crippen MR) is 87.7 cm³/mol. The minimum atomic E-state index is -0.534. The van der Waals surface area contributed by atoms with Gasteiger partial charge in [0, 0.05) is 31.4 Å². The molecule has 0 amide bonds. The zero-order chi connectivity index (χ0) is 15.8. The summed E-state index contributed by atoms with van der Waals surface area (Å²) in [6.45, 7) is 10.7. The molecule has 0 radical (unpaired) electrons. The van der Waals surface area contributed by atoms with E-state index in [0.717, 1.165) is 36.5 Å². The highest BCUT2D eigenvalue weighted by atomic mass is 16.7. The highest BCUT2D eigenvalue weighted by molar-refractivity contribution is 5.71. The molecule has 0 unspecified atom stereocenters. The average Bonchev–Trinajstić information content (AvgIpc) is 3.08. The van der Waals surface area contributed by atoms with Crippen LogP contribution in [0.3, 0.4) is 0 Å². The molecule has 2 bridgehead atoms. The van der Waals surface area contributed by atoms with Gasteiger partial charge in [-0.05, 0) is 54.0 Å². The van der Waals surface area contributed by atoms with Crippen molar-refractivity contribution in [2.24, 2.45) is 0 Å². The van der Waals surface area contributed by atoms with Crippen LogP contribution in [0.25, 0.3) is 0 Å². The highest BCUT2D eigenvalue weighted by Crippen LogP contribution is 2.63. The Balaban J connectivity index is 1.93. The lowest BCUT2D eigenvalue weighted by Crippen LogP contribution is -2.22. The third-order valence-corrected chi connectivity index (χ3v) is 5.59. The Labute approximate surface area is 132 Å². The maximum atomic E-state index is 6.61. The average molecular weight is 299 g/mol. The molecule has 0 spiro atoms. The molecular weight excluding hydrogens is 274 g/mol. The minimum absolute atomic E-state index is 0.298. The van der Waals surface area contributed by atoms with E-state index >= 15 is 0 Å². The molecule has 1 aliphatic heterocycles. The maximum Gasteiger partial charge on any atom is 0.245 e. The van der Waals surface area contributed by atoms with Gasteiger partial charge in [-0.1, -0.05) is 13.8 Å². The van der Waals surface area contributed by atoms with Crippen LogP contribution >= 0.6 is 0 Å². The molecule has 0 saturated heterocycles. The fourth-order valence-electron chi connectivity index (χ4n) is 4.85. The number of ether oxygens (including phenoxy) is 2. The van der Waals surface area contributed by atoms with Crippen LogP contribution in [-0.4, -0.2) is 5.79 Å². The van der Waals surface area contributed by atoms with Gasteiger partial charge in [-0.15, -0.1) is 0 Å². The second-order valence-electron chi connectivity index (χ2n) is 7.20. The summed E-state index contributed by atoms with van der Waals surface area (Å²) in [4.78, 5) is 0. The van der Waals surface area contributed by atoms with Crippen molar-refractivity contribution in [3.05, 3.63) is 39.3 Å². The van der Waals surface area contributed by atoms with Crippen molar-refractivity contribution in [1.82, 2.24) is 0 Å². The Morgan fingerprint density at radius 3 is 2.09 bits per heavy atom. The van der Waals surface area contributed by atoms with E-state index in [1.807, 2.05) is 13.8 Å². The summed E-state index contributed by atoms with van der Waals surface area (Å²) >= 11 is 0. The van der Waals surface area contributed by atoms with Crippen LogP contribution in [0.5, 0.6) is 0 Å². The Kier molecular flexibility index (Phi) is 2.68. The third kappa shape index (κ3) is 1.52. The van der Waals surface area contributed by atoms with Crippen LogP contribution < -0.4 is 5.73 Å². The smallest absolute Gasteiger partial charge is 0.245 e. The number of nitrogen functional groups attached to an aromatic ring is 1. The number of nitrogens with two attached hydrogens (primary N) is 1. The second-order valence-corrected chi connectivity index (χ2v) is 7.20. The van der Waals surface area contributed by atoms with E-state index in [0.29, 0.717) is 11.8 Å². The summed E-state index contributed by atoms with van der Waals surface area (Å²) in [6, 6.07) is 0. The molecule has 0 aromatic heterocycles. The van der Waals surface area contributed by atoms with Crippen LogP contribution in [0.4, 0.5) is 5.69 Å². The third-order valence-electron chi connectivity index (χ3n) is 5.59. The largest absolute Gasteiger partial charge is 0.453 e. The molecule has 1 aromatic carbocycles. The first-order valence-corrected chi connectivity index (χ1v) is 8.45. The summed E-state index contributed by atoms with van der Waals surface area (Å²) < 4.78 is 12.2. The van der Waals surface area contributed by atoms with Gasteiger partial charge in [-0.2, -0.15) is 0 Å². The molecule has 2 aliphatic carbocycles. The number of benzene rings is 1. The molecule has 3 heteroatoms. The van der Waals surface area contributed by atoms with Gasteiger partial charge in [0.15, 0.2) is 0 Å². The van der Waals surface area contributed by atoms with Crippen molar-refractivity contribution >= 4 is 5.69 Å². The number of anilines is 1. The fraction of sp³-hybridized carbons (Fsp3) is 0.579. The summed E-state index contributed by atoms with van der Waals surface area (Å²) in [5.74, 6) is 2.21. The molecular formula is C19H25NO2. The number of allylic oxidation sites excluding steroid dienone is 2. The van der Waals surface area contributed by atoms with Gasteiger partial charge in [0.1, 0.15) is 11.5 Å². The van der Waals surface area contributed by atoms with Crippen LogP contribution in [0.15, 0.2) is 11.5 Å². The van der Waals surface area contributed by atoms with Crippen molar-refractivity contribution in [1.29, 1.82) is 0 Å². The van der Waals surface area contributed by atoms with Gasteiger partial charge in [0.05, 0.1) is 0 Å². The van der Waals surface area contributed by atoms with E-state index in [-0.39, 0.29) is 0 Å². The molecule has 0 saturated carbocycles. The van der Waals surface area contributed by atoms with E-state index in [1.165, 1.54) is 27.8 Å². The van der Waals surface area contributed by atoms with Crippen molar-refractivity contribution < 1.29 is 9.47 Å². The van der Waals surface area contributed by atoms with E-state index < -0.39 is 5.79 Å². The van der Waals surface area contributed by atoms with Gasteiger partial charge in [0.2, 0.25) is 5.79 Å². The number of rotatable bonds is 2. The van der Waals surface area contributed by atoms with Crippen molar-refractivity contribution in [2.75, 3.05) is 5.73 Å².